The monoisotopic (exact) mass is 236 g/mol. The number of rotatable bonds is 2. The lowest BCUT2D eigenvalue weighted by atomic mass is 10.3. The number of benzene rings is 1. The quantitative estimate of drug-likeness (QED) is 0.717. The zero-order chi connectivity index (χ0) is 12.6. The summed E-state index contributed by atoms with van der Waals surface area (Å²) < 4.78 is 13.9. The molecule has 88 valence electrons. The van der Waals surface area contributed by atoms with Gasteiger partial charge in [-0.1, -0.05) is 0 Å². The summed E-state index contributed by atoms with van der Waals surface area (Å²) in [6.07, 6.45) is 0. The van der Waals surface area contributed by atoms with Crippen LogP contribution in [0.2, 0.25) is 0 Å². The Bertz CT molecular complexity index is 577. The zero-order valence-electron chi connectivity index (χ0n) is 8.59. The van der Waals surface area contributed by atoms with Crippen LogP contribution in [0.15, 0.2) is 24.3 Å². The van der Waals surface area contributed by atoms with E-state index >= 15 is 0 Å². The van der Waals surface area contributed by atoms with Crippen LogP contribution < -0.4 is 11.5 Å². The van der Waals surface area contributed by atoms with Crippen LogP contribution in [0.3, 0.4) is 0 Å². The molecule has 0 amide bonds. The molecule has 0 radical (unpaired) electrons. The third-order valence-electron chi connectivity index (χ3n) is 2.23. The van der Waals surface area contributed by atoms with Gasteiger partial charge in [0.25, 0.3) is 0 Å². The van der Waals surface area contributed by atoms with Gasteiger partial charge in [0, 0.05) is 0 Å². The lowest BCUT2D eigenvalue weighted by Crippen LogP contribution is -2.03. The number of carbonyl (C=O) groups is 1. The van der Waals surface area contributed by atoms with Crippen LogP contribution in [0.1, 0.15) is 10.5 Å². The number of anilines is 2. The van der Waals surface area contributed by atoms with Gasteiger partial charge in [-0.15, -0.1) is 0 Å². The third-order valence-corrected chi connectivity index (χ3v) is 2.23. The molecule has 0 unspecified atom stereocenters. The molecule has 2 rings (SSSR count). The van der Waals surface area contributed by atoms with Crippen molar-refractivity contribution in [2.45, 2.75) is 0 Å². The van der Waals surface area contributed by atoms with Crippen molar-refractivity contribution >= 4 is 17.5 Å². The number of carboxylic acids is 1. The molecular weight excluding hydrogens is 227 g/mol. The van der Waals surface area contributed by atoms with Gasteiger partial charge in [0.1, 0.15) is 11.5 Å². The molecule has 0 saturated heterocycles. The molecule has 1 aromatic carbocycles. The number of aromatic carboxylic acids is 1. The molecule has 6 nitrogen and oxygen atoms in total. The van der Waals surface area contributed by atoms with Gasteiger partial charge in [0.05, 0.1) is 5.69 Å². The van der Waals surface area contributed by atoms with Gasteiger partial charge in [0.2, 0.25) is 0 Å². The number of nitrogen functional groups attached to an aromatic ring is 2. The number of nitrogens with zero attached hydrogens (tertiary/aromatic N) is 2. The summed E-state index contributed by atoms with van der Waals surface area (Å²) in [6, 6.07) is 5.27. The topological polar surface area (TPSA) is 107 Å². The smallest absolute Gasteiger partial charge is 0.358 e. The fraction of sp³-hybridized carbons (Fsp3) is 0. The molecular formula is C10H9FN4O2. The largest absolute Gasteiger partial charge is 0.476 e. The molecule has 0 atom stereocenters. The molecule has 0 aliphatic carbocycles. The number of hydrogen-bond acceptors (Lipinski definition) is 4. The van der Waals surface area contributed by atoms with Crippen LogP contribution in [0.25, 0.3) is 5.69 Å². The molecule has 0 fully saturated rings. The standard InChI is InChI=1S/C10H9FN4O2/c11-5-1-3-6(4-2-5)15-9(13)7(12)8(14-15)10(16)17/h1-4H,12-13H2,(H,16,17). The summed E-state index contributed by atoms with van der Waals surface area (Å²) in [5, 5.41) is 12.6. The first-order valence-electron chi connectivity index (χ1n) is 4.64. The first kappa shape index (κ1) is 10.9. The maximum absolute atomic E-state index is 12.7. The van der Waals surface area contributed by atoms with Gasteiger partial charge in [0.15, 0.2) is 11.5 Å². The Hall–Kier alpha value is -2.57. The minimum absolute atomic E-state index is 0.00834. The summed E-state index contributed by atoms with van der Waals surface area (Å²) in [6.45, 7) is 0. The van der Waals surface area contributed by atoms with E-state index in [1.165, 1.54) is 24.3 Å². The van der Waals surface area contributed by atoms with Gasteiger partial charge >= 0.3 is 5.97 Å². The molecule has 7 heteroatoms. The van der Waals surface area contributed by atoms with E-state index in [1.54, 1.807) is 0 Å². The van der Waals surface area contributed by atoms with Gasteiger partial charge < -0.3 is 16.6 Å². The van der Waals surface area contributed by atoms with Crippen molar-refractivity contribution in [2.24, 2.45) is 0 Å². The minimum atomic E-state index is -1.27. The van der Waals surface area contributed by atoms with E-state index in [4.69, 9.17) is 16.6 Å². The molecule has 1 heterocycles. The number of nitrogens with two attached hydrogens (primary N) is 2. The second kappa shape index (κ2) is 3.78. The molecule has 0 aliphatic rings. The van der Waals surface area contributed by atoms with Crippen LogP contribution in [0.5, 0.6) is 0 Å². The predicted molar refractivity (Wildman–Crippen MR) is 59.3 cm³/mol. The van der Waals surface area contributed by atoms with Crippen molar-refractivity contribution in [1.29, 1.82) is 0 Å². The average molecular weight is 236 g/mol. The van der Waals surface area contributed by atoms with Crippen molar-refractivity contribution in [3.8, 4) is 5.69 Å². The number of halogens is 1. The number of hydrogen-bond donors (Lipinski definition) is 3. The fourth-order valence-corrected chi connectivity index (χ4v) is 1.38. The average Bonchev–Trinajstić information content (AvgIpc) is 2.58. The highest BCUT2D eigenvalue weighted by molar-refractivity contribution is 5.94. The molecule has 1 aromatic heterocycles. The maximum Gasteiger partial charge on any atom is 0.358 e. The maximum atomic E-state index is 12.7. The van der Waals surface area contributed by atoms with E-state index in [0.717, 1.165) is 4.68 Å². The highest BCUT2D eigenvalue weighted by atomic mass is 19.1. The van der Waals surface area contributed by atoms with Crippen LogP contribution in [0.4, 0.5) is 15.9 Å². The van der Waals surface area contributed by atoms with Crippen LogP contribution in [0, 0.1) is 5.82 Å². The number of aromatic nitrogens is 2. The normalized spacial score (nSPS) is 10.4. The molecule has 5 N–H and O–H groups in total. The summed E-state index contributed by atoms with van der Waals surface area (Å²) in [5.41, 5.74) is 11.1. The van der Waals surface area contributed by atoms with E-state index in [9.17, 15) is 9.18 Å². The first-order chi connectivity index (χ1) is 8.00. The molecule has 0 saturated carbocycles. The van der Waals surface area contributed by atoms with E-state index < -0.39 is 11.8 Å². The fourth-order valence-electron chi connectivity index (χ4n) is 1.38. The Morgan fingerprint density at radius 2 is 1.88 bits per heavy atom. The summed E-state index contributed by atoms with van der Waals surface area (Å²) in [7, 11) is 0. The highest BCUT2D eigenvalue weighted by Crippen LogP contribution is 2.23. The summed E-state index contributed by atoms with van der Waals surface area (Å²) in [5.74, 6) is -1.67. The van der Waals surface area contributed by atoms with Crippen molar-refractivity contribution < 1.29 is 14.3 Å². The Morgan fingerprint density at radius 1 is 1.29 bits per heavy atom. The Balaban J connectivity index is 2.56. The predicted octanol–water partition coefficient (Wildman–Crippen LogP) is 0.874. The number of carboxylic acid groups (broad SMARTS) is 1. The van der Waals surface area contributed by atoms with Gasteiger partial charge in [-0.2, -0.15) is 5.10 Å². The van der Waals surface area contributed by atoms with E-state index in [0.29, 0.717) is 5.69 Å². The van der Waals surface area contributed by atoms with Crippen LogP contribution >= 0.6 is 0 Å². The Labute approximate surface area is 95.3 Å². The molecule has 17 heavy (non-hydrogen) atoms. The second-order valence-corrected chi connectivity index (χ2v) is 3.34. The lowest BCUT2D eigenvalue weighted by molar-refractivity contribution is 0.0691. The molecule has 2 aromatic rings. The van der Waals surface area contributed by atoms with Crippen LogP contribution in [-0.4, -0.2) is 20.9 Å². The first-order valence-corrected chi connectivity index (χ1v) is 4.64. The Morgan fingerprint density at radius 3 is 2.35 bits per heavy atom. The summed E-state index contributed by atoms with van der Waals surface area (Å²) >= 11 is 0. The van der Waals surface area contributed by atoms with Gasteiger partial charge in [-0.3, -0.25) is 0 Å². The Kier molecular flexibility index (Phi) is 2.43. The van der Waals surface area contributed by atoms with E-state index in [2.05, 4.69) is 5.10 Å². The van der Waals surface area contributed by atoms with Crippen LogP contribution in [-0.2, 0) is 0 Å². The molecule has 0 aliphatic heterocycles. The highest BCUT2D eigenvalue weighted by Gasteiger charge is 2.19. The van der Waals surface area contributed by atoms with Crippen molar-refractivity contribution in [3.63, 3.8) is 0 Å². The molecule has 0 bridgehead atoms. The third kappa shape index (κ3) is 1.78. The summed E-state index contributed by atoms with van der Waals surface area (Å²) in [4.78, 5) is 10.8. The van der Waals surface area contributed by atoms with Crippen molar-refractivity contribution in [3.05, 3.63) is 35.8 Å². The van der Waals surface area contributed by atoms with E-state index in [1.807, 2.05) is 0 Å². The second-order valence-electron chi connectivity index (χ2n) is 3.34. The van der Waals surface area contributed by atoms with Gasteiger partial charge in [-0.05, 0) is 24.3 Å². The van der Waals surface area contributed by atoms with E-state index in [-0.39, 0.29) is 17.2 Å². The van der Waals surface area contributed by atoms with Crippen molar-refractivity contribution in [1.82, 2.24) is 9.78 Å². The lowest BCUT2D eigenvalue weighted by Gasteiger charge is -2.03. The van der Waals surface area contributed by atoms with Gasteiger partial charge in [-0.25, -0.2) is 13.9 Å². The SMILES string of the molecule is Nc1c(C(=O)O)nn(-c2ccc(F)cc2)c1N. The minimum Gasteiger partial charge on any atom is -0.476 e. The van der Waals surface area contributed by atoms with Crippen molar-refractivity contribution in [2.75, 3.05) is 11.5 Å². The molecule has 0 spiro atoms. The zero-order valence-corrected chi connectivity index (χ0v) is 8.59.